The monoisotopic (exact) mass is 487 g/mol. The average molecular weight is 488 g/mol. The molecule has 0 aromatic heterocycles. The van der Waals surface area contributed by atoms with Crippen LogP contribution in [0.4, 0.5) is 0 Å². The molecule has 0 saturated carbocycles. The number of rotatable bonds is 9. The van der Waals surface area contributed by atoms with Crippen LogP contribution in [0, 0.1) is 0 Å². The van der Waals surface area contributed by atoms with Crippen LogP contribution < -0.4 is 5.32 Å². The van der Waals surface area contributed by atoms with Crippen molar-refractivity contribution in [3.05, 3.63) is 107 Å². The predicted molar refractivity (Wildman–Crippen MR) is 139 cm³/mol. The molecule has 1 N–H and O–H groups in total. The van der Waals surface area contributed by atoms with Crippen molar-refractivity contribution in [2.75, 3.05) is 7.11 Å². The number of carbonyl (C=O) groups excluding carboxylic acids is 3. The standard InChI is InChI=1S/C30H33NO5/c1-30(2,3)36-29(34)25(19-20-26(32)35-4)31-28(33)24-17-15-23(16-18-24)27(21-11-7-5-8-12-21)22-13-9-6-10-14-22/h5-18,25,27H,19-20H2,1-4H3,(H,31,33)/t25-/m0/s1. The lowest BCUT2D eigenvalue weighted by molar-refractivity contribution is -0.157. The summed E-state index contributed by atoms with van der Waals surface area (Å²) < 4.78 is 10.1. The summed E-state index contributed by atoms with van der Waals surface area (Å²) in [5.41, 5.74) is 3.02. The minimum absolute atomic E-state index is 0.0130. The number of nitrogens with one attached hydrogen (secondary N) is 1. The van der Waals surface area contributed by atoms with Crippen molar-refractivity contribution in [2.45, 2.75) is 51.2 Å². The second-order valence-corrected chi connectivity index (χ2v) is 9.55. The van der Waals surface area contributed by atoms with Crippen molar-refractivity contribution in [3.63, 3.8) is 0 Å². The van der Waals surface area contributed by atoms with Gasteiger partial charge in [-0.1, -0.05) is 72.8 Å². The van der Waals surface area contributed by atoms with Gasteiger partial charge in [0.05, 0.1) is 7.11 Å². The second-order valence-electron chi connectivity index (χ2n) is 9.55. The Morgan fingerprint density at radius 1 is 0.778 bits per heavy atom. The van der Waals surface area contributed by atoms with E-state index in [0.29, 0.717) is 5.56 Å². The number of benzene rings is 3. The van der Waals surface area contributed by atoms with Crippen LogP contribution in [0.25, 0.3) is 0 Å². The number of hydrogen-bond acceptors (Lipinski definition) is 5. The highest BCUT2D eigenvalue weighted by Gasteiger charge is 2.28. The van der Waals surface area contributed by atoms with Gasteiger partial charge in [-0.05, 0) is 56.0 Å². The molecular formula is C30H33NO5. The van der Waals surface area contributed by atoms with Crippen molar-refractivity contribution >= 4 is 17.8 Å². The highest BCUT2D eigenvalue weighted by Crippen LogP contribution is 2.31. The van der Waals surface area contributed by atoms with E-state index in [0.717, 1.165) is 16.7 Å². The minimum atomic E-state index is -0.975. The van der Waals surface area contributed by atoms with Crippen LogP contribution in [0.5, 0.6) is 0 Å². The normalized spacial score (nSPS) is 12.0. The van der Waals surface area contributed by atoms with Gasteiger partial charge in [0.1, 0.15) is 11.6 Å². The molecule has 188 valence electrons. The second kappa shape index (κ2) is 12.2. The van der Waals surface area contributed by atoms with Crippen LogP contribution in [0.1, 0.15) is 66.6 Å². The van der Waals surface area contributed by atoms with Gasteiger partial charge < -0.3 is 14.8 Å². The third-order valence-electron chi connectivity index (χ3n) is 5.63. The fraction of sp³-hybridized carbons (Fsp3) is 0.300. The first-order valence-corrected chi connectivity index (χ1v) is 12.0. The van der Waals surface area contributed by atoms with Crippen molar-refractivity contribution in [1.82, 2.24) is 5.32 Å². The Labute approximate surface area is 212 Å². The van der Waals surface area contributed by atoms with E-state index in [2.05, 4.69) is 34.3 Å². The fourth-order valence-corrected chi connectivity index (χ4v) is 3.92. The van der Waals surface area contributed by atoms with Crippen LogP contribution in [-0.2, 0) is 19.1 Å². The van der Waals surface area contributed by atoms with E-state index < -0.39 is 29.5 Å². The zero-order valence-corrected chi connectivity index (χ0v) is 21.2. The molecule has 0 saturated heterocycles. The molecule has 0 bridgehead atoms. The molecule has 0 aliphatic heterocycles. The molecule has 0 heterocycles. The van der Waals surface area contributed by atoms with Gasteiger partial charge in [0.25, 0.3) is 5.91 Å². The summed E-state index contributed by atoms with van der Waals surface area (Å²) in [6.07, 6.45) is 0.0605. The van der Waals surface area contributed by atoms with Crippen molar-refractivity contribution in [1.29, 1.82) is 0 Å². The quantitative estimate of drug-likeness (QED) is 0.329. The zero-order chi connectivity index (χ0) is 26.1. The maximum Gasteiger partial charge on any atom is 0.329 e. The van der Waals surface area contributed by atoms with Crippen molar-refractivity contribution in [3.8, 4) is 0 Å². The van der Waals surface area contributed by atoms with Gasteiger partial charge in [0.2, 0.25) is 0 Å². The van der Waals surface area contributed by atoms with E-state index in [1.54, 1.807) is 32.9 Å². The van der Waals surface area contributed by atoms with Gasteiger partial charge >= 0.3 is 11.9 Å². The van der Waals surface area contributed by atoms with Crippen LogP contribution in [-0.4, -0.2) is 36.6 Å². The molecule has 0 spiro atoms. The number of esters is 2. The van der Waals surface area contributed by atoms with Gasteiger partial charge in [0.15, 0.2) is 0 Å². The molecule has 3 aromatic rings. The zero-order valence-electron chi connectivity index (χ0n) is 21.2. The maximum absolute atomic E-state index is 13.0. The van der Waals surface area contributed by atoms with Gasteiger partial charge in [0, 0.05) is 17.9 Å². The molecule has 6 nitrogen and oxygen atoms in total. The SMILES string of the molecule is COC(=O)CC[C@H](NC(=O)c1ccc(C(c2ccccc2)c2ccccc2)cc1)C(=O)OC(C)(C)C. The molecule has 0 aliphatic carbocycles. The van der Waals surface area contributed by atoms with Gasteiger partial charge in [-0.2, -0.15) is 0 Å². The molecule has 1 amide bonds. The summed E-state index contributed by atoms with van der Waals surface area (Å²) in [6.45, 7) is 5.25. The van der Waals surface area contributed by atoms with E-state index in [9.17, 15) is 14.4 Å². The summed E-state index contributed by atoms with van der Waals surface area (Å²) in [4.78, 5) is 37.3. The average Bonchev–Trinajstić information content (AvgIpc) is 2.87. The van der Waals surface area contributed by atoms with Crippen molar-refractivity contribution in [2.24, 2.45) is 0 Å². The Bertz CT molecular complexity index is 1110. The molecule has 0 aliphatic rings. The summed E-state index contributed by atoms with van der Waals surface area (Å²) in [5.74, 6) is -1.46. The highest BCUT2D eigenvalue weighted by molar-refractivity contribution is 5.97. The molecule has 0 fully saturated rings. The van der Waals surface area contributed by atoms with Crippen LogP contribution in [0.3, 0.4) is 0 Å². The number of carbonyl (C=O) groups is 3. The lowest BCUT2D eigenvalue weighted by atomic mass is 9.85. The highest BCUT2D eigenvalue weighted by atomic mass is 16.6. The van der Waals surface area contributed by atoms with E-state index >= 15 is 0 Å². The Balaban J connectivity index is 1.81. The number of methoxy groups -OCH3 is 1. The smallest absolute Gasteiger partial charge is 0.329 e. The largest absolute Gasteiger partial charge is 0.469 e. The predicted octanol–water partition coefficient (Wildman–Crippen LogP) is 5.26. The van der Waals surface area contributed by atoms with E-state index in [1.807, 2.05) is 48.5 Å². The Morgan fingerprint density at radius 3 is 1.75 bits per heavy atom. The van der Waals surface area contributed by atoms with Gasteiger partial charge in [-0.25, -0.2) is 4.79 Å². The van der Waals surface area contributed by atoms with Crippen LogP contribution in [0.2, 0.25) is 0 Å². The summed E-state index contributed by atoms with van der Waals surface area (Å²) in [7, 11) is 1.28. The third-order valence-corrected chi connectivity index (χ3v) is 5.63. The first kappa shape index (κ1) is 26.7. The molecule has 6 heteroatoms. The topological polar surface area (TPSA) is 81.7 Å². The fourth-order valence-electron chi connectivity index (χ4n) is 3.92. The first-order valence-electron chi connectivity index (χ1n) is 12.0. The van der Waals surface area contributed by atoms with E-state index in [4.69, 9.17) is 4.74 Å². The van der Waals surface area contributed by atoms with Crippen LogP contribution in [0.15, 0.2) is 84.9 Å². The minimum Gasteiger partial charge on any atom is -0.469 e. The third kappa shape index (κ3) is 7.54. The molecule has 1 atom stereocenters. The van der Waals surface area contributed by atoms with Gasteiger partial charge in [-0.15, -0.1) is 0 Å². The summed E-state index contributed by atoms with van der Waals surface area (Å²) >= 11 is 0. The Morgan fingerprint density at radius 2 is 1.28 bits per heavy atom. The maximum atomic E-state index is 13.0. The molecule has 3 aromatic carbocycles. The van der Waals surface area contributed by atoms with Crippen LogP contribution >= 0.6 is 0 Å². The molecule has 3 rings (SSSR count). The molecule has 36 heavy (non-hydrogen) atoms. The number of amides is 1. The van der Waals surface area contributed by atoms with E-state index in [1.165, 1.54) is 7.11 Å². The van der Waals surface area contributed by atoms with Crippen molar-refractivity contribution < 1.29 is 23.9 Å². The lowest BCUT2D eigenvalue weighted by Crippen LogP contribution is -2.44. The van der Waals surface area contributed by atoms with E-state index in [-0.39, 0.29) is 18.8 Å². The molecular weight excluding hydrogens is 454 g/mol. The Hall–Kier alpha value is -3.93. The summed E-state index contributed by atoms with van der Waals surface area (Å²) in [6, 6.07) is 26.7. The first-order chi connectivity index (χ1) is 17.2. The molecule has 0 radical (unpaired) electrons. The van der Waals surface area contributed by atoms with Gasteiger partial charge in [-0.3, -0.25) is 9.59 Å². The lowest BCUT2D eigenvalue weighted by Gasteiger charge is -2.24. The molecule has 0 unspecified atom stereocenters. The number of ether oxygens (including phenoxy) is 2. The number of hydrogen-bond donors (Lipinski definition) is 1. The Kier molecular flexibility index (Phi) is 9.01. The summed E-state index contributed by atoms with van der Waals surface area (Å²) in [5, 5.41) is 2.73.